The lowest BCUT2D eigenvalue weighted by molar-refractivity contribution is 0.374. The lowest BCUT2D eigenvalue weighted by Crippen LogP contribution is -2.17. The summed E-state index contributed by atoms with van der Waals surface area (Å²) >= 11 is 0. The van der Waals surface area contributed by atoms with Crippen LogP contribution in [-0.2, 0) is 0 Å². The molecule has 0 fully saturated rings. The number of ether oxygens (including phenoxy) is 8. The van der Waals surface area contributed by atoms with Gasteiger partial charge in [-0.2, -0.15) is 0 Å². The number of benzene rings is 4. The summed E-state index contributed by atoms with van der Waals surface area (Å²) in [4.78, 5) is 0. The van der Waals surface area contributed by atoms with Crippen molar-refractivity contribution < 1.29 is 37.9 Å². The predicted octanol–water partition coefficient (Wildman–Crippen LogP) is 8.74. The number of rotatable bonds is 11. The molecule has 0 aliphatic heterocycles. The Morgan fingerprint density at radius 3 is 0.686 bits per heavy atom. The Balaban J connectivity index is 2.01. The summed E-state index contributed by atoms with van der Waals surface area (Å²) in [5.74, 6) is 5.15. The monoisotopic (exact) mass is 699 g/mol. The molecule has 1 aliphatic rings. The quantitative estimate of drug-likeness (QED) is 0.165. The van der Waals surface area contributed by atoms with Gasteiger partial charge in [-0.1, -0.05) is 20.8 Å². The Morgan fingerprint density at radius 2 is 0.510 bits per heavy atom. The predicted molar refractivity (Wildman–Crippen MR) is 201 cm³/mol. The molecule has 4 aromatic carbocycles. The van der Waals surface area contributed by atoms with E-state index in [1.165, 1.54) is 0 Å². The van der Waals surface area contributed by atoms with E-state index in [0.29, 0.717) is 23.0 Å². The first kappa shape index (κ1) is 37.5. The van der Waals surface area contributed by atoms with Crippen LogP contribution in [0, 0.1) is 0 Å². The largest absolute Gasteiger partial charge is 0.496 e. The number of fused-ring (bicyclic) bond motifs is 8. The summed E-state index contributed by atoms with van der Waals surface area (Å²) in [5, 5.41) is 0. The normalized spacial score (nSPS) is 18.0. The van der Waals surface area contributed by atoms with Gasteiger partial charge in [0.15, 0.2) is 0 Å². The van der Waals surface area contributed by atoms with Gasteiger partial charge in [0, 0.05) is 86.5 Å². The minimum absolute atomic E-state index is 0.0952. The summed E-state index contributed by atoms with van der Waals surface area (Å²) < 4.78 is 48.4. The lowest BCUT2D eigenvalue weighted by Gasteiger charge is -2.30. The van der Waals surface area contributed by atoms with Gasteiger partial charge in [0.1, 0.15) is 46.0 Å². The summed E-state index contributed by atoms with van der Waals surface area (Å²) in [6, 6.07) is 15.9. The average Bonchev–Trinajstić information content (AvgIpc) is 3.17. The van der Waals surface area contributed by atoms with E-state index in [1.54, 1.807) is 56.9 Å². The van der Waals surface area contributed by atoms with Crippen molar-refractivity contribution in [3.8, 4) is 46.0 Å². The van der Waals surface area contributed by atoms with Gasteiger partial charge >= 0.3 is 0 Å². The third-order valence-electron chi connectivity index (χ3n) is 10.5. The highest BCUT2D eigenvalue weighted by atomic mass is 16.5. The van der Waals surface area contributed by atoms with Crippen LogP contribution in [0.2, 0.25) is 0 Å². The number of hydrogen-bond acceptors (Lipinski definition) is 9. The van der Waals surface area contributed by atoms with Crippen LogP contribution in [-0.4, -0.2) is 56.9 Å². The summed E-state index contributed by atoms with van der Waals surface area (Å²) in [6.07, 6.45) is 2.28. The molecule has 9 heteroatoms. The molecule has 5 rings (SSSR count). The van der Waals surface area contributed by atoms with E-state index < -0.39 is 6.04 Å². The maximum absolute atomic E-state index is 7.28. The first-order valence-corrected chi connectivity index (χ1v) is 17.5. The molecule has 8 bridgehead atoms. The molecule has 0 spiro atoms. The van der Waals surface area contributed by atoms with Crippen LogP contribution in [0.5, 0.6) is 46.0 Å². The molecule has 51 heavy (non-hydrogen) atoms. The van der Waals surface area contributed by atoms with Crippen molar-refractivity contribution in [1.82, 2.24) is 0 Å². The highest BCUT2D eigenvalue weighted by molar-refractivity contribution is 5.63. The number of nitrogens with two attached hydrogens (primary N) is 1. The SMILES string of the molecule is CC[C@@H]1c2cc(c(OC)cc2OC)[C@H](CC)c2cc(c(OC)cc2OC)[C@H](N)c2cc(c(OC)cc2OC)[C@H](CC)c2cc1c(OC)cc2OC. The van der Waals surface area contributed by atoms with Crippen molar-refractivity contribution in [2.75, 3.05) is 56.9 Å². The minimum Gasteiger partial charge on any atom is -0.496 e. The lowest BCUT2D eigenvalue weighted by atomic mass is 9.79. The minimum atomic E-state index is -0.627. The van der Waals surface area contributed by atoms with Crippen LogP contribution in [0.15, 0.2) is 48.5 Å². The van der Waals surface area contributed by atoms with E-state index in [-0.39, 0.29) is 17.8 Å². The van der Waals surface area contributed by atoms with Gasteiger partial charge in [-0.25, -0.2) is 0 Å². The highest BCUT2D eigenvalue weighted by Crippen LogP contribution is 2.51. The molecule has 4 atom stereocenters. The van der Waals surface area contributed by atoms with E-state index in [2.05, 4.69) is 45.0 Å². The molecule has 0 unspecified atom stereocenters. The molecule has 0 saturated carbocycles. The van der Waals surface area contributed by atoms with E-state index >= 15 is 0 Å². The molecule has 274 valence electrons. The van der Waals surface area contributed by atoms with Gasteiger partial charge in [0.2, 0.25) is 0 Å². The molecular formula is C42H53NO8. The fourth-order valence-electron chi connectivity index (χ4n) is 7.91. The van der Waals surface area contributed by atoms with Gasteiger partial charge < -0.3 is 43.6 Å². The molecular weight excluding hydrogens is 646 g/mol. The van der Waals surface area contributed by atoms with Gasteiger partial charge in [0.05, 0.1) is 62.9 Å². The first-order valence-electron chi connectivity index (χ1n) is 17.5. The van der Waals surface area contributed by atoms with Crippen LogP contribution in [0.3, 0.4) is 0 Å². The van der Waals surface area contributed by atoms with Crippen molar-refractivity contribution in [3.63, 3.8) is 0 Å². The highest BCUT2D eigenvalue weighted by Gasteiger charge is 2.32. The van der Waals surface area contributed by atoms with Gasteiger partial charge in [-0.3, -0.25) is 0 Å². The topological polar surface area (TPSA) is 99.9 Å². The molecule has 0 aromatic heterocycles. The van der Waals surface area contributed by atoms with E-state index in [9.17, 15) is 0 Å². The Morgan fingerprint density at radius 1 is 0.333 bits per heavy atom. The zero-order chi connectivity index (χ0) is 37.0. The molecule has 1 aliphatic carbocycles. The second-order valence-electron chi connectivity index (χ2n) is 12.7. The fraction of sp³-hybridized carbons (Fsp3) is 0.429. The Labute approximate surface area is 302 Å². The Bertz CT molecular complexity index is 1720. The molecule has 9 nitrogen and oxygen atoms in total. The first-order chi connectivity index (χ1) is 24.7. The Hall–Kier alpha value is -4.76. The van der Waals surface area contributed by atoms with E-state index in [4.69, 9.17) is 43.6 Å². The van der Waals surface area contributed by atoms with Crippen LogP contribution < -0.4 is 43.6 Å². The van der Waals surface area contributed by atoms with E-state index in [0.717, 1.165) is 86.8 Å². The van der Waals surface area contributed by atoms with Gasteiger partial charge in [-0.05, 0) is 43.5 Å². The molecule has 4 aromatic rings. The number of hydrogen-bond donors (Lipinski definition) is 1. The fourth-order valence-corrected chi connectivity index (χ4v) is 7.91. The van der Waals surface area contributed by atoms with E-state index in [1.807, 2.05) is 24.3 Å². The van der Waals surface area contributed by atoms with Crippen LogP contribution >= 0.6 is 0 Å². The van der Waals surface area contributed by atoms with Crippen molar-refractivity contribution >= 4 is 0 Å². The van der Waals surface area contributed by atoms with Crippen LogP contribution in [0.1, 0.15) is 108 Å². The van der Waals surface area contributed by atoms with Crippen molar-refractivity contribution in [2.45, 2.75) is 63.8 Å². The second kappa shape index (κ2) is 16.1. The van der Waals surface area contributed by atoms with Crippen molar-refractivity contribution in [2.24, 2.45) is 5.73 Å². The van der Waals surface area contributed by atoms with Gasteiger partial charge in [-0.15, -0.1) is 0 Å². The third kappa shape index (κ3) is 6.60. The molecule has 0 amide bonds. The Kier molecular flexibility index (Phi) is 11.8. The summed E-state index contributed by atoms with van der Waals surface area (Å²) in [7, 11) is 13.4. The standard InChI is InChI=1S/C42H53NO8/c1-12-23-26-15-28(36(46-6)19-34(26)44-4)24(13-2)30-17-32(40(50-10)21-38(30)48-8)42(43)33-18-31(39(49-9)22-41(33)51-11)25(14-3)29-16-27(23)35(45-5)20-37(29)47-7/h15-25,42H,12-14,43H2,1-11H3/t23-,24+,25-,42+. The summed E-state index contributed by atoms with van der Waals surface area (Å²) in [5.41, 5.74) is 14.9. The molecule has 0 heterocycles. The number of methoxy groups -OCH3 is 8. The molecule has 2 N–H and O–H groups in total. The second-order valence-corrected chi connectivity index (χ2v) is 12.7. The smallest absolute Gasteiger partial charge is 0.127 e. The zero-order valence-corrected chi connectivity index (χ0v) is 31.9. The van der Waals surface area contributed by atoms with Crippen molar-refractivity contribution in [1.29, 1.82) is 0 Å². The summed E-state index contributed by atoms with van der Waals surface area (Å²) in [6.45, 7) is 6.51. The zero-order valence-electron chi connectivity index (χ0n) is 31.9. The molecule has 0 radical (unpaired) electrons. The van der Waals surface area contributed by atoms with Crippen LogP contribution in [0.25, 0.3) is 0 Å². The van der Waals surface area contributed by atoms with Crippen molar-refractivity contribution in [3.05, 3.63) is 93.0 Å². The maximum Gasteiger partial charge on any atom is 0.127 e. The average molecular weight is 700 g/mol. The van der Waals surface area contributed by atoms with Crippen LogP contribution in [0.4, 0.5) is 0 Å². The van der Waals surface area contributed by atoms with Gasteiger partial charge in [0.25, 0.3) is 0 Å². The third-order valence-corrected chi connectivity index (χ3v) is 10.5. The maximum atomic E-state index is 7.28. The molecule has 0 saturated heterocycles.